The van der Waals surface area contributed by atoms with Crippen molar-refractivity contribution >= 4 is 5.91 Å². The maximum atomic E-state index is 13.1. The average molecular weight is 939 g/mol. The van der Waals surface area contributed by atoms with Crippen LogP contribution in [0.1, 0.15) is 290 Å². The molecule has 7 atom stereocenters. The van der Waals surface area contributed by atoms with Crippen molar-refractivity contribution in [3.63, 3.8) is 0 Å². The molecule has 0 aromatic heterocycles. The lowest BCUT2D eigenvalue weighted by Gasteiger charge is -2.40. The van der Waals surface area contributed by atoms with Gasteiger partial charge < -0.3 is 40.3 Å². The first-order valence-corrected chi connectivity index (χ1v) is 28.9. The van der Waals surface area contributed by atoms with E-state index in [2.05, 4.69) is 31.3 Å². The molecule has 1 aliphatic heterocycles. The molecule has 0 aromatic carbocycles. The molecular formula is C57H111NO8. The van der Waals surface area contributed by atoms with Crippen LogP contribution in [0.3, 0.4) is 0 Å². The number of nitrogens with one attached hydrogen (secondary N) is 1. The van der Waals surface area contributed by atoms with E-state index in [1.807, 2.05) is 0 Å². The van der Waals surface area contributed by atoms with Crippen LogP contribution in [0.25, 0.3) is 0 Å². The van der Waals surface area contributed by atoms with E-state index in [1.54, 1.807) is 0 Å². The molecule has 392 valence electrons. The van der Waals surface area contributed by atoms with Gasteiger partial charge in [-0.15, -0.1) is 0 Å². The first-order valence-electron chi connectivity index (χ1n) is 28.9. The highest BCUT2D eigenvalue weighted by molar-refractivity contribution is 5.76. The maximum Gasteiger partial charge on any atom is 0.220 e. The fourth-order valence-electron chi connectivity index (χ4n) is 9.51. The van der Waals surface area contributed by atoms with Gasteiger partial charge in [0.2, 0.25) is 5.91 Å². The van der Waals surface area contributed by atoms with E-state index >= 15 is 0 Å². The molecule has 0 bridgehead atoms. The van der Waals surface area contributed by atoms with Crippen molar-refractivity contribution in [3.8, 4) is 0 Å². The van der Waals surface area contributed by atoms with Crippen LogP contribution in [0, 0.1) is 0 Å². The summed E-state index contributed by atoms with van der Waals surface area (Å²) >= 11 is 0. The fourth-order valence-corrected chi connectivity index (χ4v) is 9.51. The predicted molar refractivity (Wildman–Crippen MR) is 277 cm³/mol. The maximum absolute atomic E-state index is 13.1. The fraction of sp³-hybridized carbons (Fsp3) is 0.947. The van der Waals surface area contributed by atoms with E-state index in [0.29, 0.717) is 12.8 Å². The number of ether oxygens (including phenoxy) is 2. The number of unbranched alkanes of at least 4 members (excludes halogenated alkanes) is 38. The number of hydrogen-bond donors (Lipinski definition) is 6. The second-order valence-electron chi connectivity index (χ2n) is 20.4. The highest BCUT2D eigenvalue weighted by Gasteiger charge is 2.44. The molecule has 1 amide bonds. The van der Waals surface area contributed by atoms with Gasteiger partial charge in [0.05, 0.1) is 25.4 Å². The quantitative estimate of drug-likeness (QED) is 0.0261. The van der Waals surface area contributed by atoms with Crippen molar-refractivity contribution in [2.24, 2.45) is 0 Å². The Kier molecular flexibility index (Phi) is 45.4. The second kappa shape index (κ2) is 47.6. The molecule has 7 unspecified atom stereocenters. The zero-order valence-electron chi connectivity index (χ0n) is 43.5. The molecular weight excluding hydrogens is 827 g/mol. The molecule has 1 saturated heterocycles. The normalized spacial score (nSPS) is 19.8. The summed E-state index contributed by atoms with van der Waals surface area (Å²) in [5.74, 6) is -0.148. The molecule has 9 nitrogen and oxygen atoms in total. The third-order valence-corrected chi connectivity index (χ3v) is 14.1. The van der Waals surface area contributed by atoms with E-state index in [9.17, 15) is 30.3 Å². The number of amides is 1. The summed E-state index contributed by atoms with van der Waals surface area (Å²) in [5.41, 5.74) is 0. The first-order chi connectivity index (χ1) is 32.3. The Labute approximate surface area is 407 Å². The lowest BCUT2D eigenvalue weighted by atomic mass is 9.99. The minimum absolute atomic E-state index is 0.137. The lowest BCUT2D eigenvalue weighted by molar-refractivity contribution is -0.302. The number of rotatable bonds is 50. The molecule has 0 radical (unpaired) electrons. The number of aliphatic hydroxyl groups excluding tert-OH is 5. The lowest BCUT2D eigenvalue weighted by Crippen LogP contribution is -2.60. The molecule has 0 saturated carbocycles. The molecule has 66 heavy (non-hydrogen) atoms. The van der Waals surface area contributed by atoms with E-state index in [0.717, 1.165) is 51.4 Å². The summed E-state index contributed by atoms with van der Waals surface area (Å²) in [4.78, 5) is 13.1. The van der Waals surface area contributed by atoms with Crippen molar-refractivity contribution in [3.05, 3.63) is 12.2 Å². The molecule has 1 aliphatic rings. The smallest absolute Gasteiger partial charge is 0.220 e. The van der Waals surface area contributed by atoms with Gasteiger partial charge in [0.15, 0.2) is 6.29 Å². The zero-order valence-corrected chi connectivity index (χ0v) is 43.5. The zero-order chi connectivity index (χ0) is 48.0. The molecule has 1 fully saturated rings. The van der Waals surface area contributed by atoms with Crippen molar-refractivity contribution in [2.45, 2.75) is 333 Å². The molecule has 9 heteroatoms. The molecule has 1 heterocycles. The minimum atomic E-state index is -1.55. The molecule has 1 rings (SSSR count). The van der Waals surface area contributed by atoms with Gasteiger partial charge in [-0.1, -0.05) is 257 Å². The number of aliphatic hydroxyl groups is 5. The van der Waals surface area contributed by atoms with Gasteiger partial charge in [-0.05, 0) is 38.5 Å². The number of carbonyl (C=O) groups is 1. The molecule has 0 aromatic rings. The summed E-state index contributed by atoms with van der Waals surface area (Å²) in [6.45, 7) is 3.87. The third kappa shape index (κ3) is 36.9. The van der Waals surface area contributed by atoms with Crippen molar-refractivity contribution in [1.29, 1.82) is 0 Å². The van der Waals surface area contributed by atoms with Crippen LogP contribution >= 0.6 is 0 Å². The summed E-state index contributed by atoms with van der Waals surface area (Å²) in [6, 6.07) is -0.721. The highest BCUT2D eigenvalue weighted by Crippen LogP contribution is 2.23. The number of carbonyl (C=O) groups excluding carboxylic acids is 1. The van der Waals surface area contributed by atoms with Crippen LogP contribution < -0.4 is 5.32 Å². The van der Waals surface area contributed by atoms with Crippen LogP contribution in [0.15, 0.2) is 12.2 Å². The van der Waals surface area contributed by atoms with Gasteiger partial charge >= 0.3 is 0 Å². The number of hydrogen-bond acceptors (Lipinski definition) is 8. The van der Waals surface area contributed by atoms with Gasteiger partial charge in [0.1, 0.15) is 24.4 Å². The third-order valence-electron chi connectivity index (χ3n) is 14.1. The molecule has 6 N–H and O–H groups in total. The summed E-state index contributed by atoms with van der Waals surface area (Å²) < 4.78 is 11.3. The summed E-state index contributed by atoms with van der Waals surface area (Å²) in [5, 5.41) is 54.7. The summed E-state index contributed by atoms with van der Waals surface area (Å²) in [7, 11) is 0. The van der Waals surface area contributed by atoms with Crippen LogP contribution in [-0.2, 0) is 14.3 Å². The van der Waals surface area contributed by atoms with Crippen LogP contribution in [-0.4, -0.2) is 87.5 Å². The van der Waals surface area contributed by atoms with E-state index < -0.39 is 49.5 Å². The van der Waals surface area contributed by atoms with Crippen LogP contribution in [0.5, 0.6) is 0 Å². The molecule has 0 aliphatic carbocycles. The Hall–Kier alpha value is -1.07. The number of allylic oxidation sites excluding steroid dienone is 2. The highest BCUT2D eigenvalue weighted by atomic mass is 16.7. The Morgan fingerprint density at radius 2 is 0.848 bits per heavy atom. The SMILES string of the molecule is CCCCCCCCCCC/C=C\CCCCCCCC(=O)NC(COC1OC(CO)C(O)C(O)C1O)C(O)CCCCCCCCCCCCCCCCCCCCCCCCCCC. The average Bonchev–Trinajstić information content (AvgIpc) is 3.32. The van der Waals surface area contributed by atoms with E-state index in [4.69, 9.17) is 9.47 Å². The predicted octanol–water partition coefficient (Wildman–Crippen LogP) is 14.0. The largest absolute Gasteiger partial charge is 0.394 e. The molecule has 0 spiro atoms. The van der Waals surface area contributed by atoms with Gasteiger partial charge in [-0.3, -0.25) is 4.79 Å². The van der Waals surface area contributed by atoms with Gasteiger partial charge in [0.25, 0.3) is 0 Å². The van der Waals surface area contributed by atoms with E-state index in [-0.39, 0.29) is 12.5 Å². The first kappa shape index (κ1) is 62.9. The Morgan fingerprint density at radius 1 is 0.500 bits per heavy atom. The Bertz CT molecular complexity index is 1040. The van der Waals surface area contributed by atoms with Gasteiger partial charge in [-0.2, -0.15) is 0 Å². The monoisotopic (exact) mass is 938 g/mol. The van der Waals surface area contributed by atoms with E-state index in [1.165, 1.54) is 212 Å². The Morgan fingerprint density at radius 3 is 1.23 bits per heavy atom. The van der Waals surface area contributed by atoms with Crippen LogP contribution in [0.2, 0.25) is 0 Å². The van der Waals surface area contributed by atoms with Crippen molar-refractivity contribution < 1.29 is 39.8 Å². The topological polar surface area (TPSA) is 149 Å². The Balaban J connectivity index is 2.20. The standard InChI is InChI=1S/C57H111NO8/c1-3-5-7-9-11-13-15-17-19-21-23-24-25-26-27-28-29-30-32-34-36-38-40-42-44-46-51(60)50(49-65-57-56(64)55(63)54(62)52(48-59)66-57)58-53(61)47-45-43-41-39-37-35-33-31-22-20-18-16-14-12-10-8-6-4-2/h31,33,50-52,54-57,59-60,62-64H,3-30,32,34-49H2,1-2H3,(H,58,61)/b33-31-. The van der Waals surface area contributed by atoms with Crippen molar-refractivity contribution in [1.82, 2.24) is 5.32 Å². The minimum Gasteiger partial charge on any atom is -0.394 e. The van der Waals surface area contributed by atoms with Gasteiger partial charge in [-0.25, -0.2) is 0 Å². The van der Waals surface area contributed by atoms with Crippen molar-refractivity contribution in [2.75, 3.05) is 13.2 Å². The second-order valence-corrected chi connectivity index (χ2v) is 20.4. The summed E-state index contributed by atoms with van der Waals surface area (Å²) in [6.07, 6.45) is 51.0. The van der Waals surface area contributed by atoms with Gasteiger partial charge in [0, 0.05) is 6.42 Å². The van der Waals surface area contributed by atoms with Crippen LogP contribution in [0.4, 0.5) is 0 Å².